The number of aromatic nitrogens is 9. The summed E-state index contributed by atoms with van der Waals surface area (Å²) in [6, 6.07) is 52.2. The van der Waals surface area contributed by atoms with Gasteiger partial charge in [0.2, 0.25) is 8.07 Å². The van der Waals surface area contributed by atoms with Crippen LogP contribution in [0.2, 0.25) is 0 Å². The van der Waals surface area contributed by atoms with Gasteiger partial charge in [-0.3, -0.25) is 14.5 Å². The van der Waals surface area contributed by atoms with E-state index in [1.165, 1.54) is 15.6 Å². The zero-order chi connectivity index (χ0) is 35.6. The topological polar surface area (TPSA) is 108 Å². The lowest BCUT2D eigenvalue weighted by Gasteiger charge is -2.28. The van der Waals surface area contributed by atoms with Crippen molar-refractivity contribution in [3.8, 4) is 40.1 Å². The highest BCUT2D eigenvalue weighted by molar-refractivity contribution is 7.20. The second-order valence-electron chi connectivity index (χ2n) is 13.3. The average Bonchev–Trinajstić information content (AvgIpc) is 3.77. The Morgan fingerprint density at radius 1 is 0.407 bits per heavy atom. The minimum Gasteiger partial charge on any atom is -0.299 e. The highest BCUT2D eigenvalue weighted by atomic mass is 28.3. The molecular formula is C44H27N9Si. The number of rotatable bonds is 5. The van der Waals surface area contributed by atoms with E-state index in [-0.39, 0.29) is 0 Å². The van der Waals surface area contributed by atoms with E-state index < -0.39 is 8.07 Å². The lowest BCUT2D eigenvalue weighted by Crippen LogP contribution is -2.73. The summed E-state index contributed by atoms with van der Waals surface area (Å²) in [6.07, 6.45) is 3.43. The van der Waals surface area contributed by atoms with Gasteiger partial charge in [0.1, 0.15) is 16.8 Å². The van der Waals surface area contributed by atoms with Crippen molar-refractivity contribution >= 4 is 62.2 Å². The Balaban J connectivity index is 1.16. The van der Waals surface area contributed by atoms with Crippen molar-refractivity contribution in [3.05, 3.63) is 164 Å². The maximum atomic E-state index is 5.43. The quantitative estimate of drug-likeness (QED) is 0.207. The van der Waals surface area contributed by atoms with Crippen LogP contribution in [0.4, 0.5) is 0 Å². The molecule has 1 unspecified atom stereocenters. The van der Waals surface area contributed by atoms with Crippen molar-refractivity contribution in [2.45, 2.75) is 0 Å². The molecule has 10 heteroatoms. The first-order valence-electron chi connectivity index (χ1n) is 17.7. The summed E-state index contributed by atoms with van der Waals surface area (Å²) < 4.78 is 2.37. The van der Waals surface area contributed by atoms with Crippen LogP contribution < -0.4 is 21.0 Å². The first-order valence-corrected chi connectivity index (χ1v) is 19.7. The maximum absolute atomic E-state index is 5.43. The number of hydrogen-bond acceptors (Lipinski definition) is 8. The van der Waals surface area contributed by atoms with Gasteiger partial charge in [-0.05, 0) is 58.0 Å². The summed E-state index contributed by atoms with van der Waals surface area (Å²) in [7, 11) is -2.95. The molecule has 0 bridgehead atoms. The highest BCUT2D eigenvalue weighted by Gasteiger charge is 2.51. The van der Waals surface area contributed by atoms with Crippen molar-refractivity contribution in [1.29, 1.82) is 0 Å². The molecule has 0 saturated heterocycles. The lowest BCUT2D eigenvalue weighted by molar-refractivity contribution is 1.04. The molecular weight excluding hydrogens is 683 g/mol. The van der Waals surface area contributed by atoms with Gasteiger partial charge in [0.15, 0.2) is 17.5 Å². The summed E-state index contributed by atoms with van der Waals surface area (Å²) in [5.41, 5.74) is 9.33. The summed E-state index contributed by atoms with van der Waals surface area (Å²) in [5, 5.41) is 3.71. The fourth-order valence-corrected chi connectivity index (χ4v) is 12.7. The molecule has 6 aromatic carbocycles. The SMILES string of the molecule is c1ccc([Si]2(c3cccc(-c4nc(-c5cnc6ccccc6n5)nc(-c5cnc6ccccc6n5)n4)c3)c3ccccc3-n3c2nc2ccccc23)cc1. The lowest BCUT2D eigenvalue weighted by atomic mass is 10.2. The van der Waals surface area contributed by atoms with Gasteiger partial charge < -0.3 is 0 Å². The molecule has 5 heterocycles. The number of hydrogen-bond donors (Lipinski definition) is 0. The van der Waals surface area contributed by atoms with Crippen LogP contribution in [-0.4, -0.2) is 52.5 Å². The zero-order valence-electron chi connectivity index (χ0n) is 28.6. The Kier molecular flexibility index (Phi) is 6.67. The molecule has 1 aliphatic heterocycles. The van der Waals surface area contributed by atoms with Crippen LogP contribution in [0.15, 0.2) is 164 Å². The van der Waals surface area contributed by atoms with Gasteiger partial charge in [-0.1, -0.05) is 109 Å². The summed E-state index contributed by atoms with van der Waals surface area (Å²) in [4.78, 5) is 39.7. The molecule has 0 saturated carbocycles. The van der Waals surface area contributed by atoms with E-state index in [0.29, 0.717) is 28.9 Å². The van der Waals surface area contributed by atoms with E-state index in [9.17, 15) is 0 Å². The largest absolute Gasteiger partial charge is 0.299 e. The van der Waals surface area contributed by atoms with Crippen LogP contribution in [-0.2, 0) is 0 Å². The first-order chi connectivity index (χ1) is 26.7. The average molecular weight is 710 g/mol. The molecule has 10 aromatic rings. The standard InChI is InChI=1S/C44H27N9Si/c1-2-14-29(15-3-1)54(40-24-11-10-23-39(40)53-38-22-9-8-21-35(38)49-44(53)54)30-16-12-13-28(25-30)41-50-42(36-26-45-31-17-4-6-19-33(31)47-36)52-43(51-41)37-27-46-32-18-5-7-20-34(32)48-37/h1-27H. The second-order valence-corrected chi connectivity index (χ2v) is 16.9. The van der Waals surface area contributed by atoms with E-state index >= 15 is 0 Å². The number of para-hydroxylation sites is 7. The smallest absolute Gasteiger partial charge is 0.226 e. The van der Waals surface area contributed by atoms with Gasteiger partial charge >= 0.3 is 0 Å². The Hall–Kier alpha value is -7.30. The number of imidazole rings is 1. The third-order valence-electron chi connectivity index (χ3n) is 10.2. The van der Waals surface area contributed by atoms with Gasteiger partial charge in [-0.15, -0.1) is 0 Å². The molecule has 0 spiro atoms. The van der Waals surface area contributed by atoms with Gasteiger partial charge in [-0.25, -0.2) is 29.9 Å². The van der Waals surface area contributed by atoms with Crippen molar-refractivity contribution in [1.82, 2.24) is 44.4 Å². The molecule has 0 aliphatic carbocycles. The normalized spacial score (nSPS) is 14.7. The van der Waals surface area contributed by atoms with Gasteiger partial charge in [0, 0.05) is 11.3 Å². The van der Waals surface area contributed by atoms with Crippen LogP contribution in [0.25, 0.3) is 73.2 Å². The summed E-state index contributed by atoms with van der Waals surface area (Å²) in [5.74, 6) is 1.30. The maximum Gasteiger partial charge on any atom is 0.226 e. The van der Waals surface area contributed by atoms with E-state index in [0.717, 1.165) is 49.8 Å². The highest BCUT2D eigenvalue weighted by Crippen LogP contribution is 2.28. The Bertz CT molecular complexity index is 2990. The van der Waals surface area contributed by atoms with E-state index in [1.54, 1.807) is 12.4 Å². The van der Waals surface area contributed by atoms with Crippen molar-refractivity contribution in [2.24, 2.45) is 0 Å². The van der Waals surface area contributed by atoms with Crippen LogP contribution in [0.3, 0.4) is 0 Å². The molecule has 9 nitrogen and oxygen atoms in total. The fourth-order valence-electron chi connectivity index (χ4n) is 7.81. The second kappa shape index (κ2) is 11.9. The molecule has 0 radical (unpaired) electrons. The Morgan fingerprint density at radius 3 is 1.67 bits per heavy atom. The molecule has 54 heavy (non-hydrogen) atoms. The van der Waals surface area contributed by atoms with Crippen molar-refractivity contribution in [3.63, 3.8) is 0 Å². The third-order valence-corrected chi connectivity index (χ3v) is 14.8. The number of nitrogens with zero attached hydrogens (tertiary/aromatic N) is 9. The predicted octanol–water partition coefficient (Wildman–Crippen LogP) is 5.79. The molecule has 252 valence electrons. The molecule has 0 amide bonds. The Labute approximate surface area is 309 Å². The van der Waals surface area contributed by atoms with Crippen LogP contribution >= 0.6 is 0 Å². The minimum atomic E-state index is -2.95. The van der Waals surface area contributed by atoms with E-state index in [4.69, 9.17) is 29.9 Å². The molecule has 11 rings (SSSR count). The van der Waals surface area contributed by atoms with Gasteiger partial charge in [0.25, 0.3) is 0 Å². The first kappa shape index (κ1) is 30.3. The van der Waals surface area contributed by atoms with E-state index in [1.807, 2.05) is 48.5 Å². The minimum absolute atomic E-state index is 0.400. The number of fused-ring (bicyclic) bond motifs is 7. The van der Waals surface area contributed by atoms with Crippen LogP contribution in [0.1, 0.15) is 0 Å². The third kappa shape index (κ3) is 4.57. The molecule has 1 atom stereocenters. The predicted molar refractivity (Wildman–Crippen MR) is 214 cm³/mol. The van der Waals surface area contributed by atoms with Crippen molar-refractivity contribution < 1.29 is 0 Å². The summed E-state index contributed by atoms with van der Waals surface area (Å²) in [6.45, 7) is 0. The monoisotopic (exact) mass is 709 g/mol. The summed E-state index contributed by atoms with van der Waals surface area (Å²) >= 11 is 0. The zero-order valence-corrected chi connectivity index (χ0v) is 29.6. The Morgan fingerprint density at radius 2 is 0.963 bits per heavy atom. The van der Waals surface area contributed by atoms with Crippen LogP contribution in [0, 0.1) is 0 Å². The molecule has 0 N–H and O–H groups in total. The van der Waals surface area contributed by atoms with Gasteiger partial charge in [0.05, 0.1) is 45.5 Å². The molecule has 0 fully saturated rings. The van der Waals surface area contributed by atoms with Crippen molar-refractivity contribution in [2.75, 3.05) is 0 Å². The fraction of sp³-hybridized carbons (Fsp3) is 0. The van der Waals surface area contributed by atoms with Gasteiger partial charge in [-0.2, -0.15) is 0 Å². The van der Waals surface area contributed by atoms with Crippen LogP contribution in [0.5, 0.6) is 0 Å². The van der Waals surface area contributed by atoms with E-state index in [2.05, 4.69) is 118 Å². The molecule has 1 aliphatic rings. The molecule has 4 aromatic heterocycles. The number of benzene rings is 6.